The van der Waals surface area contributed by atoms with Crippen LogP contribution in [0.2, 0.25) is 0 Å². The molecule has 0 radical (unpaired) electrons. The zero-order valence-electron chi connectivity index (χ0n) is 27.4. The number of Topliss-reactive ketones (excluding diaryl/α,β-unsaturated/α-hetero) is 1. The van der Waals surface area contributed by atoms with Crippen LogP contribution in [0.4, 0.5) is 0 Å². The molecule has 0 amide bonds. The van der Waals surface area contributed by atoms with Crippen molar-refractivity contribution in [3.05, 3.63) is 51.6 Å². The Kier molecular flexibility index (Phi) is 12.1. The molecule has 5 rings (SSSR count). The number of aromatic hydroxyl groups is 2. The van der Waals surface area contributed by atoms with E-state index in [1.54, 1.807) is 6.92 Å². The number of hydrogen-bond donors (Lipinski definition) is 6. The number of aliphatic hydroxyl groups excluding tert-OH is 2. The molecular formula is C34H42ClNO13. The average Bonchev–Trinajstić information content (AvgIpc) is 3.05. The molecule has 49 heavy (non-hydrogen) atoms. The van der Waals surface area contributed by atoms with Crippen molar-refractivity contribution in [1.29, 1.82) is 0 Å². The molecule has 0 spiro atoms. The van der Waals surface area contributed by atoms with E-state index in [0.29, 0.717) is 19.6 Å². The van der Waals surface area contributed by atoms with Crippen molar-refractivity contribution >= 4 is 23.3 Å². The first kappa shape index (κ1) is 38.2. The normalized spacial score (nSPS) is 25.8. The van der Waals surface area contributed by atoms with Crippen LogP contribution in [0.5, 0.6) is 17.2 Å². The van der Waals surface area contributed by atoms with Gasteiger partial charge >= 0.3 is 5.97 Å². The number of rotatable bonds is 12. The van der Waals surface area contributed by atoms with Crippen molar-refractivity contribution in [2.75, 3.05) is 26.9 Å². The van der Waals surface area contributed by atoms with Crippen LogP contribution in [-0.2, 0) is 30.2 Å². The molecule has 0 bridgehead atoms. The standard InChI is InChI=1S/C34H41NO13.ClH/c1-16-29(39)20(35-10-5-4-6-11-46-17(2)37)12-24(47-16)48-22-14-34(44,23(38)15-36)13-19-26(22)33(43)28-27(31(19)41)30(40)18-8-7-9-21(45-3)25(18)32(28)42;/h7-9,16,20,22,24,29,35-36,39,41,43-44H,4-6,10-15H2,1-3H3;1H. The predicted octanol–water partition coefficient (Wildman–Crippen LogP) is -2.66. The third kappa shape index (κ3) is 7.31. The fourth-order valence-electron chi connectivity index (χ4n) is 6.96. The number of phenolic OH excluding ortho intramolecular Hbond substituents is 2. The van der Waals surface area contributed by atoms with E-state index in [4.69, 9.17) is 18.9 Å². The first-order valence-corrected chi connectivity index (χ1v) is 16.0. The van der Waals surface area contributed by atoms with Gasteiger partial charge in [0.1, 0.15) is 41.6 Å². The maximum absolute atomic E-state index is 13.8. The third-order valence-electron chi connectivity index (χ3n) is 9.43. The molecule has 7 N–H and O–H groups in total. The monoisotopic (exact) mass is 707 g/mol. The number of ketones is 3. The molecule has 1 saturated heterocycles. The quantitative estimate of drug-likeness (QED) is 0.0644. The van der Waals surface area contributed by atoms with Gasteiger partial charge in [-0.05, 0) is 32.3 Å². The number of unbranched alkanes of at least 4 members (excludes halogenated alkanes) is 2. The molecule has 1 heterocycles. The zero-order valence-corrected chi connectivity index (χ0v) is 28.2. The van der Waals surface area contributed by atoms with Gasteiger partial charge in [-0.3, -0.25) is 19.2 Å². The lowest BCUT2D eigenvalue weighted by molar-refractivity contribution is -0.704. The second-order valence-corrected chi connectivity index (χ2v) is 12.6. The van der Waals surface area contributed by atoms with Gasteiger partial charge in [0.2, 0.25) is 5.78 Å². The summed E-state index contributed by atoms with van der Waals surface area (Å²) in [7, 11) is 1.33. The van der Waals surface area contributed by atoms with Gasteiger partial charge in [0, 0.05) is 36.5 Å². The summed E-state index contributed by atoms with van der Waals surface area (Å²) in [4.78, 5) is 51.3. The predicted molar refractivity (Wildman–Crippen MR) is 165 cm³/mol. The fourth-order valence-corrected chi connectivity index (χ4v) is 6.96. The topological polar surface area (TPSA) is 223 Å². The lowest BCUT2D eigenvalue weighted by atomic mass is 9.72. The molecule has 0 aromatic heterocycles. The second kappa shape index (κ2) is 15.5. The van der Waals surface area contributed by atoms with Crippen LogP contribution in [0.15, 0.2) is 18.2 Å². The average molecular weight is 708 g/mol. The summed E-state index contributed by atoms with van der Waals surface area (Å²) in [6, 6.07) is 4.01. The summed E-state index contributed by atoms with van der Waals surface area (Å²) in [5.74, 6) is -4.10. The van der Waals surface area contributed by atoms with Crippen LogP contribution >= 0.6 is 0 Å². The van der Waals surface area contributed by atoms with Gasteiger partial charge in [-0.1, -0.05) is 12.1 Å². The van der Waals surface area contributed by atoms with Crippen molar-refractivity contribution in [2.45, 2.75) is 88.6 Å². The van der Waals surface area contributed by atoms with Crippen molar-refractivity contribution < 1.29 is 81.4 Å². The van der Waals surface area contributed by atoms with Gasteiger partial charge in [-0.25, -0.2) is 0 Å². The van der Waals surface area contributed by atoms with Gasteiger partial charge in [-0.15, -0.1) is 0 Å². The Morgan fingerprint density at radius 2 is 1.78 bits per heavy atom. The number of halogens is 1. The van der Waals surface area contributed by atoms with E-state index in [9.17, 15) is 44.7 Å². The smallest absolute Gasteiger partial charge is 0.302 e. The van der Waals surface area contributed by atoms with E-state index in [1.807, 2.05) is 5.32 Å². The molecule has 2 aromatic carbocycles. The van der Waals surface area contributed by atoms with Gasteiger partial charge in [0.05, 0.1) is 55.6 Å². The van der Waals surface area contributed by atoms with Gasteiger partial charge in [0.15, 0.2) is 17.9 Å². The largest absolute Gasteiger partial charge is 1.00 e. The van der Waals surface area contributed by atoms with E-state index in [0.717, 1.165) is 12.8 Å². The highest BCUT2D eigenvalue weighted by Crippen LogP contribution is 2.52. The molecule has 2 aromatic rings. The van der Waals surface area contributed by atoms with E-state index in [2.05, 4.69) is 0 Å². The number of ether oxygens (including phenoxy) is 4. The Morgan fingerprint density at radius 1 is 1.06 bits per heavy atom. The first-order chi connectivity index (χ1) is 22.8. The summed E-state index contributed by atoms with van der Waals surface area (Å²) in [5.41, 5.74) is -3.63. The molecule has 14 nitrogen and oxygen atoms in total. The number of carbonyl (C=O) groups excluding carboxylic acids is 4. The van der Waals surface area contributed by atoms with Gasteiger partial charge in [0.25, 0.3) is 0 Å². The highest BCUT2D eigenvalue weighted by Gasteiger charge is 2.50. The number of hydrogen-bond acceptors (Lipinski definition) is 13. The number of fused-ring (bicyclic) bond motifs is 3. The minimum atomic E-state index is -2.26. The molecule has 6 unspecified atom stereocenters. The Balaban J connectivity index is 0.00000541. The van der Waals surface area contributed by atoms with Crippen LogP contribution in [-0.4, -0.2) is 106 Å². The van der Waals surface area contributed by atoms with Gasteiger partial charge in [-0.2, -0.15) is 0 Å². The molecule has 1 aliphatic heterocycles. The van der Waals surface area contributed by atoms with Gasteiger partial charge < -0.3 is 62.2 Å². The Bertz CT molecular complexity index is 1610. The number of aliphatic hydroxyl groups is 3. The summed E-state index contributed by atoms with van der Waals surface area (Å²) < 4.78 is 22.5. The number of quaternary nitrogens is 1. The maximum Gasteiger partial charge on any atom is 0.302 e. The summed E-state index contributed by atoms with van der Waals surface area (Å²) in [5, 5.41) is 57.2. The van der Waals surface area contributed by atoms with Crippen LogP contribution in [0.25, 0.3) is 0 Å². The lowest BCUT2D eigenvalue weighted by Gasteiger charge is -2.42. The maximum atomic E-state index is 13.8. The third-order valence-corrected chi connectivity index (χ3v) is 9.43. The van der Waals surface area contributed by atoms with Crippen LogP contribution in [0, 0.1) is 0 Å². The molecule has 6 atom stereocenters. The first-order valence-electron chi connectivity index (χ1n) is 16.0. The molecule has 0 saturated carbocycles. The fraction of sp³-hybridized carbons (Fsp3) is 0.529. The number of esters is 1. The molecule has 3 aliphatic rings. The van der Waals surface area contributed by atoms with Crippen molar-refractivity contribution in [2.24, 2.45) is 0 Å². The number of methoxy groups -OCH3 is 1. The van der Waals surface area contributed by atoms with E-state index in [-0.39, 0.29) is 58.8 Å². The number of nitrogens with two attached hydrogens (primary N) is 1. The highest BCUT2D eigenvalue weighted by molar-refractivity contribution is 6.31. The van der Waals surface area contributed by atoms with Crippen LogP contribution in [0.3, 0.4) is 0 Å². The van der Waals surface area contributed by atoms with Crippen molar-refractivity contribution in [3.8, 4) is 17.2 Å². The number of carbonyl (C=O) groups is 4. The summed E-state index contributed by atoms with van der Waals surface area (Å²) in [6.07, 6.45) is -2.50. The summed E-state index contributed by atoms with van der Waals surface area (Å²) in [6.45, 7) is 2.98. The highest BCUT2D eigenvalue weighted by atomic mass is 35.5. The van der Waals surface area contributed by atoms with Crippen LogP contribution in [0.1, 0.15) is 95.0 Å². The van der Waals surface area contributed by atoms with E-state index < -0.39 is 89.6 Å². The van der Waals surface area contributed by atoms with Crippen molar-refractivity contribution in [1.82, 2.24) is 0 Å². The zero-order chi connectivity index (χ0) is 34.9. The van der Waals surface area contributed by atoms with Crippen molar-refractivity contribution in [3.63, 3.8) is 0 Å². The Hall–Kier alpha value is -3.63. The molecule has 1 fully saturated rings. The molecule has 15 heteroatoms. The Morgan fingerprint density at radius 3 is 2.45 bits per heavy atom. The minimum Gasteiger partial charge on any atom is -1.00 e. The van der Waals surface area contributed by atoms with E-state index >= 15 is 0 Å². The van der Waals surface area contributed by atoms with E-state index in [1.165, 1.54) is 32.2 Å². The SMILES string of the molecule is COc1cccc2c1C(=O)c1c(O)c3c(c(O)c1C2=O)CC(O)(C(=O)CO)CC3OC1CC([NH2+]CCCCCOC(C)=O)C(O)C(C)O1.[Cl-]. The molecule has 2 aliphatic carbocycles. The Labute approximate surface area is 288 Å². The lowest BCUT2D eigenvalue weighted by Crippen LogP contribution is -3.00. The molecule has 268 valence electrons. The minimum absolute atomic E-state index is 0. The summed E-state index contributed by atoms with van der Waals surface area (Å²) >= 11 is 0. The number of benzene rings is 2. The number of phenols is 2. The van der Waals surface area contributed by atoms with Crippen LogP contribution < -0.4 is 22.5 Å². The molecular weight excluding hydrogens is 666 g/mol. The second-order valence-electron chi connectivity index (χ2n) is 12.6.